The third-order valence-electron chi connectivity index (χ3n) is 5.80. The molecule has 0 saturated carbocycles. The minimum atomic E-state index is -1.15. The van der Waals surface area contributed by atoms with E-state index < -0.39 is 30.0 Å². The van der Waals surface area contributed by atoms with Crippen LogP contribution in [0.25, 0.3) is 0 Å². The van der Waals surface area contributed by atoms with Gasteiger partial charge in [-0.05, 0) is 29.8 Å². The first kappa shape index (κ1) is 25.7. The third kappa shape index (κ3) is 5.87. The van der Waals surface area contributed by atoms with Gasteiger partial charge >= 0.3 is 5.97 Å². The number of esters is 1. The molecule has 0 aliphatic carbocycles. The molecule has 0 aromatic heterocycles. The van der Waals surface area contributed by atoms with Crippen molar-refractivity contribution in [2.24, 2.45) is 0 Å². The van der Waals surface area contributed by atoms with Crippen molar-refractivity contribution < 1.29 is 23.9 Å². The Hall–Kier alpha value is -3.39. The number of ether oxygens (including phenoxy) is 2. The monoisotopic (exact) mass is 526 g/mol. The van der Waals surface area contributed by atoms with Gasteiger partial charge in [0.1, 0.15) is 18.8 Å². The Labute approximate surface area is 218 Å². The minimum absolute atomic E-state index is 0.257. The van der Waals surface area contributed by atoms with Crippen LogP contribution in [0.5, 0.6) is 0 Å². The molecule has 2 atom stereocenters. The van der Waals surface area contributed by atoms with E-state index in [0.29, 0.717) is 26.9 Å². The van der Waals surface area contributed by atoms with Crippen molar-refractivity contribution in [2.45, 2.75) is 25.2 Å². The lowest BCUT2D eigenvalue weighted by Gasteiger charge is -2.25. The summed E-state index contributed by atoms with van der Waals surface area (Å²) in [5.74, 6) is -1.52. The molecule has 2 amide bonds. The van der Waals surface area contributed by atoms with E-state index in [1.54, 1.807) is 35.2 Å². The molecule has 2 unspecified atom stereocenters. The van der Waals surface area contributed by atoms with E-state index in [2.05, 4.69) is 10.1 Å². The normalized spacial score (nSPS) is 17.2. The summed E-state index contributed by atoms with van der Waals surface area (Å²) in [6.07, 6.45) is -2.22. The van der Waals surface area contributed by atoms with Crippen molar-refractivity contribution >= 4 is 46.7 Å². The molecule has 3 aromatic rings. The van der Waals surface area contributed by atoms with Crippen LogP contribution in [0.2, 0.25) is 10.0 Å². The number of halogens is 2. The van der Waals surface area contributed by atoms with Gasteiger partial charge in [-0.15, -0.1) is 0 Å². The van der Waals surface area contributed by atoms with Gasteiger partial charge in [-0.2, -0.15) is 0 Å². The summed E-state index contributed by atoms with van der Waals surface area (Å²) in [4.78, 5) is 39.6. The number of hydrogen-bond donors (Lipinski definition) is 1. The molecular weight excluding hydrogens is 503 g/mol. The predicted molar refractivity (Wildman–Crippen MR) is 137 cm³/mol. The van der Waals surface area contributed by atoms with Crippen LogP contribution in [0, 0.1) is 0 Å². The van der Waals surface area contributed by atoms with Crippen molar-refractivity contribution in [3.05, 3.63) is 99.5 Å². The van der Waals surface area contributed by atoms with Crippen molar-refractivity contribution in [3.8, 4) is 0 Å². The third-order valence-corrected chi connectivity index (χ3v) is 6.38. The van der Waals surface area contributed by atoms with E-state index in [0.717, 1.165) is 5.56 Å². The number of nitrogens with one attached hydrogen (secondary N) is 1. The van der Waals surface area contributed by atoms with E-state index in [1.165, 1.54) is 7.11 Å². The highest BCUT2D eigenvalue weighted by molar-refractivity contribution is 6.31. The standard InChI is InChI=1S/C27H24Cl2N2O5/c1-35-25(33)15-30-24(32)14-23-27(34)31(16-17-7-3-2-4-8-17)22-12-11-18(28)13-20(22)26(36-23)19-9-5-6-10-21(19)29/h2-13,23,26H,14-16H2,1H3,(H,30,32). The Morgan fingerprint density at radius 2 is 1.72 bits per heavy atom. The first-order chi connectivity index (χ1) is 17.4. The number of anilines is 1. The molecule has 0 spiro atoms. The molecule has 7 nitrogen and oxygen atoms in total. The van der Waals surface area contributed by atoms with Crippen LogP contribution in [-0.2, 0) is 30.4 Å². The van der Waals surface area contributed by atoms with Gasteiger partial charge in [0.15, 0.2) is 0 Å². The zero-order chi connectivity index (χ0) is 25.7. The number of carbonyl (C=O) groups excluding carboxylic acids is 3. The Morgan fingerprint density at radius 1 is 1.00 bits per heavy atom. The number of benzene rings is 3. The van der Waals surface area contributed by atoms with Gasteiger partial charge < -0.3 is 19.7 Å². The Balaban J connectivity index is 1.77. The predicted octanol–water partition coefficient (Wildman–Crippen LogP) is 4.69. The number of rotatable bonds is 7. The molecular formula is C27H24Cl2N2O5. The highest BCUT2D eigenvalue weighted by Gasteiger charge is 2.38. The van der Waals surface area contributed by atoms with Crippen molar-refractivity contribution in [2.75, 3.05) is 18.6 Å². The Bertz CT molecular complexity index is 1270. The van der Waals surface area contributed by atoms with Crippen LogP contribution >= 0.6 is 23.2 Å². The van der Waals surface area contributed by atoms with Gasteiger partial charge in [-0.1, -0.05) is 71.7 Å². The smallest absolute Gasteiger partial charge is 0.325 e. The zero-order valence-corrected chi connectivity index (χ0v) is 21.0. The number of fused-ring (bicyclic) bond motifs is 1. The van der Waals surface area contributed by atoms with Crippen LogP contribution in [0.1, 0.15) is 29.2 Å². The Kier molecular flexibility index (Phi) is 8.25. The highest BCUT2D eigenvalue weighted by atomic mass is 35.5. The molecule has 9 heteroatoms. The molecule has 0 saturated heterocycles. The number of hydrogen-bond acceptors (Lipinski definition) is 5. The molecule has 3 aromatic carbocycles. The second-order valence-electron chi connectivity index (χ2n) is 8.20. The van der Waals surface area contributed by atoms with Crippen LogP contribution in [0.15, 0.2) is 72.8 Å². The minimum Gasteiger partial charge on any atom is -0.468 e. The fourth-order valence-corrected chi connectivity index (χ4v) is 4.46. The summed E-state index contributed by atoms with van der Waals surface area (Å²) in [6.45, 7) is -0.0546. The topological polar surface area (TPSA) is 84.9 Å². The molecule has 1 heterocycles. The van der Waals surface area contributed by atoms with Gasteiger partial charge in [-0.3, -0.25) is 14.4 Å². The summed E-state index contributed by atoms with van der Waals surface area (Å²) in [5.41, 5.74) is 2.79. The number of nitrogens with zero attached hydrogens (tertiary/aromatic N) is 1. The van der Waals surface area contributed by atoms with Crippen LogP contribution in [-0.4, -0.2) is 37.5 Å². The summed E-state index contributed by atoms with van der Waals surface area (Å²) in [5, 5.41) is 3.39. The average molecular weight is 527 g/mol. The second-order valence-corrected chi connectivity index (χ2v) is 9.04. The van der Waals surface area contributed by atoms with Crippen molar-refractivity contribution in [1.82, 2.24) is 5.32 Å². The maximum absolute atomic E-state index is 13.9. The first-order valence-corrected chi connectivity index (χ1v) is 12.0. The van der Waals surface area contributed by atoms with E-state index in [1.807, 2.05) is 42.5 Å². The van der Waals surface area contributed by atoms with Gasteiger partial charge in [-0.25, -0.2) is 0 Å². The molecule has 0 radical (unpaired) electrons. The van der Waals surface area contributed by atoms with E-state index in [-0.39, 0.29) is 19.5 Å². The van der Waals surface area contributed by atoms with Crippen LogP contribution < -0.4 is 10.2 Å². The lowest BCUT2D eigenvalue weighted by molar-refractivity contribution is -0.142. The molecule has 1 N–H and O–H groups in total. The SMILES string of the molecule is COC(=O)CNC(=O)CC1OC(c2ccccc2Cl)c2cc(Cl)ccc2N(Cc2ccccc2)C1=O. The van der Waals surface area contributed by atoms with E-state index in [9.17, 15) is 14.4 Å². The molecule has 4 rings (SSSR count). The molecule has 0 fully saturated rings. The van der Waals surface area contributed by atoms with Crippen LogP contribution in [0.3, 0.4) is 0 Å². The van der Waals surface area contributed by atoms with Gasteiger partial charge in [0.25, 0.3) is 5.91 Å². The van der Waals surface area contributed by atoms with Crippen molar-refractivity contribution in [1.29, 1.82) is 0 Å². The number of amides is 2. The lowest BCUT2D eigenvalue weighted by atomic mass is 9.99. The molecule has 1 aliphatic rings. The van der Waals surface area contributed by atoms with Crippen molar-refractivity contribution in [3.63, 3.8) is 0 Å². The number of carbonyl (C=O) groups is 3. The first-order valence-electron chi connectivity index (χ1n) is 11.3. The maximum atomic E-state index is 13.9. The fourth-order valence-electron chi connectivity index (χ4n) is 4.05. The Morgan fingerprint density at radius 3 is 2.44 bits per heavy atom. The molecule has 1 aliphatic heterocycles. The van der Waals surface area contributed by atoms with Gasteiger partial charge in [0.05, 0.1) is 25.8 Å². The summed E-state index contributed by atoms with van der Waals surface area (Å²) < 4.78 is 10.9. The van der Waals surface area contributed by atoms with Crippen LogP contribution in [0.4, 0.5) is 5.69 Å². The number of methoxy groups -OCH3 is 1. The lowest BCUT2D eigenvalue weighted by Crippen LogP contribution is -2.42. The second kappa shape index (κ2) is 11.6. The van der Waals surface area contributed by atoms with E-state index >= 15 is 0 Å². The summed E-state index contributed by atoms with van der Waals surface area (Å²) in [7, 11) is 1.23. The van der Waals surface area contributed by atoms with E-state index in [4.69, 9.17) is 27.9 Å². The molecule has 186 valence electrons. The summed E-state index contributed by atoms with van der Waals surface area (Å²) >= 11 is 12.9. The van der Waals surface area contributed by atoms with Gasteiger partial charge in [0.2, 0.25) is 5.91 Å². The fraction of sp³-hybridized carbons (Fsp3) is 0.222. The molecule has 36 heavy (non-hydrogen) atoms. The molecule has 0 bridgehead atoms. The largest absolute Gasteiger partial charge is 0.468 e. The highest BCUT2D eigenvalue weighted by Crippen LogP contribution is 2.42. The van der Waals surface area contributed by atoms with Gasteiger partial charge in [0, 0.05) is 21.2 Å². The zero-order valence-electron chi connectivity index (χ0n) is 19.4. The quantitative estimate of drug-likeness (QED) is 0.451. The summed E-state index contributed by atoms with van der Waals surface area (Å²) in [6, 6.07) is 21.9. The maximum Gasteiger partial charge on any atom is 0.325 e. The average Bonchev–Trinajstić information content (AvgIpc) is 2.98.